The number of piperidine rings is 1. The Morgan fingerprint density at radius 2 is 2.00 bits per heavy atom. The van der Waals surface area contributed by atoms with Gasteiger partial charge in [-0.15, -0.1) is 0 Å². The number of carbonyl (C=O) groups excluding carboxylic acids is 2. The Morgan fingerprint density at radius 3 is 2.68 bits per heavy atom. The fourth-order valence-electron chi connectivity index (χ4n) is 7.29. The Morgan fingerprint density at radius 1 is 1.24 bits per heavy atom. The van der Waals surface area contributed by atoms with E-state index in [2.05, 4.69) is 65.0 Å². The maximum absolute atomic E-state index is 14.6. The van der Waals surface area contributed by atoms with E-state index in [4.69, 9.17) is 4.74 Å². The van der Waals surface area contributed by atoms with Gasteiger partial charge < -0.3 is 25.2 Å². The lowest BCUT2D eigenvalue weighted by atomic mass is 9.72. The first-order valence-electron chi connectivity index (χ1n) is 14.2. The molecule has 1 aromatic rings. The quantitative estimate of drug-likeness (QED) is 0.508. The van der Waals surface area contributed by atoms with E-state index >= 15 is 0 Å². The summed E-state index contributed by atoms with van der Waals surface area (Å²) in [4.78, 5) is 32.6. The van der Waals surface area contributed by atoms with Crippen LogP contribution in [-0.4, -0.2) is 80.2 Å². The Kier molecular flexibility index (Phi) is 8.26. The molecular formula is C29H43N5O3S. The first-order valence-corrected chi connectivity index (χ1v) is 15.1. The van der Waals surface area contributed by atoms with Crippen molar-refractivity contribution in [2.75, 3.05) is 46.9 Å². The molecule has 2 fully saturated rings. The highest BCUT2D eigenvalue weighted by molar-refractivity contribution is 8.03. The first-order chi connectivity index (χ1) is 18.4. The average Bonchev–Trinajstić information content (AvgIpc) is 3.58. The van der Waals surface area contributed by atoms with Gasteiger partial charge in [-0.05, 0) is 37.3 Å². The van der Waals surface area contributed by atoms with Crippen LogP contribution in [0.4, 0.5) is 4.79 Å². The summed E-state index contributed by atoms with van der Waals surface area (Å²) < 4.78 is 5.14. The van der Waals surface area contributed by atoms with Crippen LogP contribution in [0.25, 0.3) is 0 Å². The molecule has 208 valence electrons. The van der Waals surface area contributed by atoms with Crippen molar-refractivity contribution < 1.29 is 14.3 Å². The predicted octanol–water partition coefficient (Wildman–Crippen LogP) is 3.54. The Bertz CT molecular complexity index is 1050. The molecule has 4 aliphatic rings. The van der Waals surface area contributed by atoms with Gasteiger partial charge in [0.1, 0.15) is 5.50 Å². The van der Waals surface area contributed by atoms with E-state index in [0.29, 0.717) is 38.0 Å². The van der Waals surface area contributed by atoms with Gasteiger partial charge >= 0.3 is 6.09 Å². The molecule has 3 N–H and O–H groups in total. The summed E-state index contributed by atoms with van der Waals surface area (Å²) in [6.07, 6.45) is 3.79. The van der Waals surface area contributed by atoms with Crippen LogP contribution in [-0.2, 0) is 9.53 Å². The molecule has 4 aliphatic heterocycles. The lowest BCUT2D eigenvalue weighted by Gasteiger charge is -2.48. The molecule has 0 radical (unpaired) electrons. The molecule has 2 saturated heterocycles. The van der Waals surface area contributed by atoms with E-state index in [1.165, 1.54) is 17.6 Å². The van der Waals surface area contributed by atoms with Gasteiger partial charge in [0.2, 0.25) is 5.91 Å². The van der Waals surface area contributed by atoms with Crippen molar-refractivity contribution in [1.82, 2.24) is 25.8 Å². The summed E-state index contributed by atoms with van der Waals surface area (Å²) in [5.41, 5.74) is 1.99. The summed E-state index contributed by atoms with van der Waals surface area (Å²) in [5.74, 6) is 0.964. The van der Waals surface area contributed by atoms with Gasteiger partial charge in [0.15, 0.2) is 0 Å². The second kappa shape index (κ2) is 11.5. The standard InChI is InChI=1S/C29H43N5O3S/c1-5-19(6-2)24-14-21(20-10-8-7-9-11-20)12-13-34(24)26(35)22-15-31-17-29(22)18-33(28(36)37-4)16-23-25(29)38-27(30-3)32-23/h7-11,19,21-22,24,27,30-32H,5-6,12-18H2,1-4H3/t21-,22+,24+,27?,29+/m1/s1. The summed E-state index contributed by atoms with van der Waals surface area (Å²) in [5, 5.41) is 10.4. The first kappa shape index (κ1) is 27.3. The van der Waals surface area contributed by atoms with E-state index in [-0.39, 0.29) is 29.5 Å². The number of nitrogens with zero attached hydrogens (tertiary/aromatic N) is 2. The minimum absolute atomic E-state index is 0.0322. The van der Waals surface area contributed by atoms with Crippen molar-refractivity contribution in [1.29, 1.82) is 0 Å². The van der Waals surface area contributed by atoms with Crippen LogP contribution in [0.2, 0.25) is 0 Å². The molecule has 0 aromatic heterocycles. The lowest BCUT2D eigenvalue weighted by Crippen LogP contribution is -2.57. The van der Waals surface area contributed by atoms with E-state index in [1.807, 2.05) is 7.05 Å². The van der Waals surface area contributed by atoms with Gasteiger partial charge in [-0.25, -0.2) is 4.79 Å². The number of ether oxygens (including phenoxy) is 1. The zero-order chi connectivity index (χ0) is 26.9. The highest BCUT2D eigenvalue weighted by Crippen LogP contribution is 2.52. The molecule has 0 aliphatic carbocycles. The predicted molar refractivity (Wildman–Crippen MR) is 151 cm³/mol. The molecule has 8 nitrogen and oxygen atoms in total. The van der Waals surface area contributed by atoms with E-state index in [0.717, 1.165) is 37.9 Å². The van der Waals surface area contributed by atoms with Gasteiger partial charge in [0, 0.05) is 48.2 Å². The van der Waals surface area contributed by atoms with Crippen LogP contribution in [0.5, 0.6) is 0 Å². The number of thioether (sulfide) groups is 1. The molecule has 38 heavy (non-hydrogen) atoms. The topological polar surface area (TPSA) is 85.9 Å². The number of hydrogen-bond donors (Lipinski definition) is 3. The van der Waals surface area contributed by atoms with E-state index in [1.54, 1.807) is 16.7 Å². The molecule has 1 spiro atoms. The van der Waals surface area contributed by atoms with Gasteiger partial charge in [0.25, 0.3) is 0 Å². The summed E-state index contributed by atoms with van der Waals surface area (Å²) in [6.45, 7) is 7.57. The molecule has 0 saturated carbocycles. The normalized spacial score (nSPS) is 31.1. The van der Waals surface area contributed by atoms with Crippen molar-refractivity contribution in [3.63, 3.8) is 0 Å². The smallest absolute Gasteiger partial charge is 0.409 e. The molecule has 4 heterocycles. The largest absolute Gasteiger partial charge is 0.453 e. The molecule has 0 bridgehead atoms. The maximum Gasteiger partial charge on any atom is 0.409 e. The summed E-state index contributed by atoms with van der Waals surface area (Å²) >= 11 is 1.76. The van der Waals surface area contributed by atoms with Crippen molar-refractivity contribution in [3.05, 3.63) is 46.5 Å². The number of carbonyl (C=O) groups is 2. The Hall–Kier alpha value is -2.23. The Balaban J connectivity index is 1.46. The number of hydrogen-bond acceptors (Lipinski definition) is 7. The van der Waals surface area contributed by atoms with E-state index < -0.39 is 5.41 Å². The number of nitrogens with one attached hydrogen (secondary N) is 3. The monoisotopic (exact) mass is 541 g/mol. The highest BCUT2D eigenvalue weighted by atomic mass is 32.2. The van der Waals surface area contributed by atoms with Gasteiger partial charge in [0.05, 0.1) is 19.6 Å². The summed E-state index contributed by atoms with van der Waals surface area (Å²) in [7, 11) is 3.36. The van der Waals surface area contributed by atoms with Gasteiger partial charge in [-0.3, -0.25) is 10.1 Å². The number of likely N-dealkylation sites (tertiary alicyclic amines) is 1. The van der Waals surface area contributed by atoms with Crippen molar-refractivity contribution in [2.24, 2.45) is 17.3 Å². The van der Waals surface area contributed by atoms with Crippen LogP contribution in [0.3, 0.4) is 0 Å². The second-order valence-electron chi connectivity index (χ2n) is 11.2. The van der Waals surface area contributed by atoms with Crippen LogP contribution in [0, 0.1) is 17.3 Å². The highest BCUT2D eigenvalue weighted by Gasteiger charge is 2.57. The third-order valence-corrected chi connectivity index (χ3v) is 10.8. The molecular weight excluding hydrogens is 498 g/mol. The fourth-order valence-corrected chi connectivity index (χ4v) is 8.63. The second-order valence-corrected chi connectivity index (χ2v) is 12.3. The lowest BCUT2D eigenvalue weighted by molar-refractivity contribution is -0.143. The molecule has 9 heteroatoms. The van der Waals surface area contributed by atoms with Crippen molar-refractivity contribution >= 4 is 23.8 Å². The summed E-state index contributed by atoms with van der Waals surface area (Å²) in [6, 6.07) is 11.0. The molecule has 2 amide bonds. The van der Waals surface area contributed by atoms with Crippen LogP contribution < -0.4 is 16.0 Å². The number of fused-ring (bicyclic) bond motifs is 1. The van der Waals surface area contributed by atoms with Crippen molar-refractivity contribution in [2.45, 2.75) is 57.0 Å². The van der Waals surface area contributed by atoms with Gasteiger partial charge in [-0.1, -0.05) is 68.8 Å². The maximum atomic E-state index is 14.6. The van der Waals surface area contributed by atoms with Gasteiger partial charge in [-0.2, -0.15) is 0 Å². The minimum atomic E-state index is -0.461. The molecule has 1 aromatic carbocycles. The minimum Gasteiger partial charge on any atom is -0.453 e. The molecule has 5 rings (SSSR count). The third kappa shape index (κ3) is 4.82. The van der Waals surface area contributed by atoms with E-state index in [9.17, 15) is 9.59 Å². The van der Waals surface area contributed by atoms with Crippen LogP contribution >= 0.6 is 11.8 Å². The molecule has 5 atom stereocenters. The number of rotatable bonds is 6. The SMILES string of the molecule is CCC(CC)[C@@H]1C[C@H](c2ccccc2)CCN1C(=O)[C@@H]1CNC[C@]12CN(C(=O)OC)CC1=C2SC(NC)N1. The zero-order valence-corrected chi connectivity index (χ0v) is 24.0. The number of benzene rings is 1. The Labute approximate surface area is 231 Å². The number of methoxy groups -OCH3 is 1. The third-order valence-electron chi connectivity index (χ3n) is 9.33. The fraction of sp³-hybridized carbons (Fsp3) is 0.655. The van der Waals surface area contributed by atoms with Crippen molar-refractivity contribution in [3.8, 4) is 0 Å². The molecule has 1 unspecified atom stereocenters. The van der Waals surface area contributed by atoms with Crippen LogP contribution in [0.1, 0.15) is 51.0 Å². The van der Waals surface area contributed by atoms with Crippen LogP contribution in [0.15, 0.2) is 40.9 Å². The number of amides is 2. The average molecular weight is 542 g/mol. The zero-order valence-electron chi connectivity index (χ0n) is 23.2.